The van der Waals surface area contributed by atoms with Gasteiger partial charge >= 0.3 is 8.38 Å². The van der Waals surface area contributed by atoms with Crippen molar-refractivity contribution in [1.82, 2.24) is 0 Å². The number of hydrogen-bond acceptors (Lipinski definition) is 2. The highest BCUT2D eigenvalue weighted by Crippen LogP contribution is 2.46. The van der Waals surface area contributed by atoms with Crippen LogP contribution in [0, 0.1) is 20.8 Å². The Hall–Kier alpha value is -2.31. The molecular formula is C30H39O2P. The summed E-state index contributed by atoms with van der Waals surface area (Å²) < 4.78 is 13.7. The van der Waals surface area contributed by atoms with Crippen molar-refractivity contribution >= 4 is 13.7 Å². The van der Waals surface area contributed by atoms with Gasteiger partial charge in [0.15, 0.2) is 0 Å². The van der Waals surface area contributed by atoms with Crippen LogP contribution in [0.4, 0.5) is 0 Å². The Bertz CT molecular complexity index is 1040. The van der Waals surface area contributed by atoms with Crippen LogP contribution >= 0.6 is 8.38 Å². The molecule has 0 aliphatic carbocycles. The second kappa shape index (κ2) is 10.7. The first kappa shape index (κ1) is 25.3. The van der Waals surface area contributed by atoms with Gasteiger partial charge in [-0.2, -0.15) is 0 Å². The summed E-state index contributed by atoms with van der Waals surface area (Å²) in [5.74, 6) is 2.95. The van der Waals surface area contributed by atoms with Gasteiger partial charge in [-0.25, -0.2) is 0 Å². The van der Waals surface area contributed by atoms with E-state index in [9.17, 15) is 0 Å². The molecule has 0 saturated carbocycles. The fourth-order valence-electron chi connectivity index (χ4n) is 3.99. The summed E-state index contributed by atoms with van der Waals surface area (Å²) in [6, 6.07) is 19.7. The van der Waals surface area contributed by atoms with Crippen LogP contribution < -0.4 is 14.4 Å². The Kier molecular flexibility index (Phi) is 8.24. The van der Waals surface area contributed by atoms with Crippen molar-refractivity contribution in [2.24, 2.45) is 0 Å². The number of hydrogen-bond donors (Lipinski definition) is 0. The molecule has 3 aromatic carbocycles. The van der Waals surface area contributed by atoms with E-state index in [1.54, 1.807) is 0 Å². The van der Waals surface area contributed by atoms with Crippen LogP contribution in [-0.2, 0) is 0 Å². The van der Waals surface area contributed by atoms with E-state index in [4.69, 9.17) is 9.05 Å². The van der Waals surface area contributed by atoms with E-state index in [0.717, 1.165) is 16.8 Å². The first-order valence-electron chi connectivity index (χ1n) is 12.0. The molecule has 0 heterocycles. The molecule has 0 spiro atoms. The van der Waals surface area contributed by atoms with Crippen LogP contribution in [0.1, 0.15) is 92.7 Å². The maximum atomic E-state index is 6.84. The second-order valence-corrected chi connectivity index (χ2v) is 11.4. The molecule has 0 radical (unpaired) electrons. The van der Waals surface area contributed by atoms with E-state index in [-0.39, 0.29) is 0 Å². The second-order valence-electron chi connectivity index (χ2n) is 10.0. The SMILES string of the molecule is Cc1ccc(C(C)C)c(OP(Oc2cc(C)ccc2C(C)C)c2cc(C)ccc2C(C)C)c1. The minimum atomic E-state index is -1.38. The van der Waals surface area contributed by atoms with Gasteiger partial charge in [0.05, 0.1) is 5.30 Å². The lowest BCUT2D eigenvalue weighted by molar-refractivity contribution is 0.490. The molecule has 3 aromatic rings. The predicted molar refractivity (Wildman–Crippen MR) is 144 cm³/mol. The number of benzene rings is 3. The lowest BCUT2D eigenvalue weighted by Crippen LogP contribution is -2.17. The average Bonchev–Trinajstić information content (AvgIpc) is 2.72. The van der Waals surface area contributed by atoms with Gasteiger partial charge in [-0.1, -0.05) is 83.5 Å². The van der Waals surface area contributed by atoms with Crippen LogP contribution in [0.25, 0.3) is 0 Å². The highest BCUT2D eigenvalue weighted by atomic mass is 31.2. The zero-order valence-electron chi connectivity index (χ0n) is 21.7. The molecule has 33 heavy (non-hydrogen) atoms. The summed E-state index contributed by atoms with van der Waals surface area (Å²) >= 11 is 0. The van der Waals surface area contributed by atoms with Gasteiger partial charge < -0.3 is 9.05 Å². The van der Waals surface area contributed by atoms with Gasteiger partial charge in [0.2, 0.25) is 0 Å². The third-order valence-electron chi connectivity index (χ3n) is 5.95. The molecule has 0 saturated heterocycles. The Morgan fingerprint density at radius 1 is 0.515 bits per heavy atom. The Morgan fingerprint density at radius 3 is 1.27 bits per heavy atom. The lowest BCUT2D eigenvalue weighted by atomic mass is 10.0. The minimum Gasteiger partial charge on any atom is -0.435 e. The van der Waals surface area contributed by atoms with Crippen molar-refractivity contribution in [3.63, 3.8) is 0 Å². The summed E-state index contributed by atoms with van der Waals surface area (Å²) in [5, 5.41) is 1.16. The van der Waals surface area contributed by atoms with Crippen LogP contribution in [-0.4, -0.2) is 0 Å². The third-order valence-corrected chi connectivity index (χ3v) is 7.46. The van der Waals surface area contributed by atoms with Gasteiger partial charge in [-0.3, -0.25) is 0 Å². The molecule has 176 valence electrons. The summed E-state index contributed by atoms with van der Waals surface area (Å²) in [4.78, 5) is 0. The fourth-order valence-corrected chi connectivity index (χ4v) is 5.75. The predicted octanol–water partition coefficient (Wildman–Crippen LogP) is 9.08. The Labute approximate surface area is 202 Å². The molecular weight excluding hydrogens is 423 g/mol. The van der Waals surface area contributed by atoms with Crippen molar-refractivity contribution in [3.8, 4) is 11.5 Å². The molecule has 0 aliphatic heterocycles. The summed E-state index contributed by atoms with van der Waals surface area (Å²) in [6.07, 6.45) is 0. The third kappa shape index (κ3) is 6.18. The molecule has 3 heteroatoms. The fraction of sp³-hybridized carbons (Fsp3) is 0.400. The van der Waals surface area contributed by atoms with Gasteiger partial charge in [0.1, 0.15) is 11.5 Å². The molecule has 0 aliphatic rings. The topological polar surface area (TPSA) is 18.5 Å². The molecule has 2 nitrogen and oxygen atoms in total. The minimum absolute atomic E-state index is 0.365. The molecule has 0 atom stereocenters. The van der Waals surface area contributed by atoms with Gasteiger partial charge in [-0.05, 0) is 84.5 Å². The van der Waals surface area contributed by atoms with E-state index < -0.39 is 8.38 Å². The summed E-state index contributed by atoms with van der Waals surface area (Å²) in [6.45, 7) is 19.7. The highest BCUT2D eigenvalue weighted by molar-refractivity contribution is 7.56. The van der Waals surface area contributed by atoms with E-state index in [0.29, 0.717) is 17.8 Å². The molecule has 0 amide bonds. The summed E-state index contributed by atoms with van der Waals surface area (Å²) in [5.41, 5.74) is 7.31. The van der Waals surface area contributed by atoms with Crippen molar-refractivity contribution in [2.75, 3.05) is 0 Å². The quantitative estimate of drug-likeness (QED) is 0.311. The molecule has 3 rings (SSSR count). The molecule has 0 bridgehead atoms. The lowest BCUT2D eigenvalue weighted by Gasteiger charge is -2.26. The van der Waals surface area contributed by atoms with E-state index in [1.165, 1.54) is 33.4 Å². The van der Waals surface area contributed by atoms with Crippen molar-refractivity contribution < 1.29 is 9.05 Å². The van der Waals surface area contributed by atoms with E-state index in [1.807, 2.05) is 0 Å². The largest absolute Gasteiger partial charge is 0.435 e. The van der Waals surface area contributed by atoms with Gasteiger partial charge in [0.25, 0.3) is 0 Å². The van der Waals surface area contributed by atoms with Crippen LogP contribution in [0.5, 0.6) is 11.5 Å². The molecule has 0 N–H and O–H groups in total. The molecule has 0 aromatic heterocycles. The molecule has 0 unspecified atom stereocenters. The van der Waals surface area contributed by atoms with Crippen LogP contribution in [0.15, 0.2) is 54.6 Å². The van der Waals surface area contributed by atoms with Gasteiger partial charge in [0, 0.05) is 0 Å². The summed E-state index contributed by atoms with van der Waals surface area (Å²) in [7, 11) is -1.38. The van der Waals surface area contributed by atoms with Crippen molar-refractivity contribution in [2.45, 2.75) is 80.1 Å². The zero-order valence-corrected chi connectivity index (χ0v) is 22.6. The zero-order chi connectivity index (χ0) is 24.3. The normalized spacial score (nSPS) is 11.7. The highest BCUT2D eigenvalue weighted by Gasteiger charge is 2.26. The first-order valence-corrected chi connectivity index (χ1v) is 13.2. The number of aryl methyl sites for hydroxylation is 3. The Morgan fingerprint density at radius 2 is 0.879 bits per heavy atom. The smallest absolute Gasteiger partial charge is 0.326 e. The van der Waals surface area contributed by atoms with Crippen molar-refractivity contribution in [1.29, 1.82) is 0 Å². The van der Waals surface area contributed by atoms with Crippen LogP contribution in [0.2, 0.25) is 0 Å². The van der Waals surface area contributed by atoms with Gasteiger partial charge in [-0.15, -0.1) is 0 Å². The van der Waals surface area contributed by atoms with E-state index >= 15 is 0 Å². The van der Waals surface area contributed by atoms with Crippen LogP contribution in [0.3, 0.4) is 0 Å². The monoisotopic (exact) mass is 462 g/mol. The first-order chi connectivity index (χ1) is 15.6. The van der Waals surface area contributed by atoms with Crippen molar-refractivity contribution in [3.05, 3.63) is 88.0 Å². The average molecular weight is 463 g/mol. The maximum Gasteiger partial charge on any atom is 0.326 e. The van der Waals surface area contributed by atoms with E-state index in [2.05, 4.69) is 117 Å². The molecule has 0 fully saturated rings. The number of rotatable bonds is 8. The Balaban J connectivity index is 2.17. The standard InChI is InChI=1S/C30H39O2P/c1-19(2)25-13-10-22(7)16-28(25)31-33(30-18-24(9)12-15-27(30)21(5)6)32-29-17-23(8)11-14-26(29)20(3)4/h10-21H,1-9H3. The maximum absolute atomic E-state index is 6.84.